The van der Waals surface area contributed by atoms with Gasteiger partial charge < -0.3 is 29.2 Å². The van der Waals surface area contributed by atoms with Gasteiger partial charge in [0.25, 0.3) is 5.91 Å². The number of anilines is 2. The minimum atomic E-state index is -3.07. The van der Waals surface area contributed by atoms with E-state index in [1.165, 1.54) is 11.9 Å². The number of carbonyl (C=O) groups excluding carboxylic acids is 2. The van der Waals surface area contributed by atoms with Gasteiger partial charge in [-0.1, -0.05) is 0 Å². The Bertz CT molecular complexity index is 1160. The lowest BCUT2D eigenvalue weighted by Crippen LogP contribution is -2.43. The Morgan fingerprint density at radius 2 is 1.86 bits per heavy atom. The van der Waals surface area contributed by atoms with E-state index in [-0.39, 0.29) is 32.7 Å². The van der Waals surface area contributed by atoms with E-state index in [1.807, 2.05) is 5.32 Å². The summed E-state index contributed by atoms with van der Waals surface area (Å²) in [6.45, 7) is 1.22. The van der Waals surface area contributed by atoms with Gasteiger partial charge in [-0.25, -0.2) is 22.4 Å². The molecule has 1 aromatic carbocycles. The van der Waals surface area contributed by atoms with Crippen molar-refractivity contribution < 1.29 is 45.8 Å². The van der Waals surface area contributed by atoms with E-state index < -0.39 is 75.6 Å². The van der Waals surface area contributed by atoms with Crippen molar-refractivity contribution in [1.29, 1.82) is 0 Å². The van der Waals surface area contributed by atoms with Crippen LogP contribution in [-0.2, 0) is 23.1 Å². The topological polar surface area (TPSA) is 127 Å². The van der Waals surface area contributed by atoms with Crippen LogP contribution in [0, 0.1) is 29.2 Å². The van der Waals surface area contributed by atoms with Crippen LogP contribution in [0.3, 0.4) is 0 Å². The number of rotatable bonds is 8. The van der Waals surface area contributed by atoms with Crippen LogP contribution in [-0.4, -0.2) is 67.7 Å². The summed E-state index contributed by atoms with van der Waals surface area (Å²) in [4.78, 5) is 26.1. The Balaban J connectivity index is 1.94. The third-order valence-electron chi connectivity index (χ3n) is 5.69. The average molecular weight is 535 g/mol. The normalized spacial score (nSPS) is 18.3. The number of ether oxygens (including phenoxy) is 1. The highest BCUT2D eigenvalue weighted by Crippen LogP contribution is 2.34. The maximum Gasteiger partial charge on any atom is 0.409 e. The van der Waals surface area contributed by atoms with Gasteiger partial charge in [0.1, 0.15) is 11.4 Å². The number of aryl methyl sites for hydroxylation is 1. The Morgan fingerprint density at radius 1 is 1.22 bits per heavy atom. The van der Waals surface area contributed by atoms with Gasteiger partial charge in [-0.15, -0.1) is 0 Å². The zero-order valence-electron chi connectivity index (χ0n) is 19.2. The lowest BCUT2D eigenvalue weighted by atomic mass is 10.00. The van der Waals surface area contributed by atoms with E-state index in [1.54, 1.807) is 6.92 Å². The smallest absolute Gasteiger partial charge is 0.409 e. The van der Waals surface area contributed by atoms with Crippen molar-refractivity contribution >= 4 is 34.6 Å². The molecule has 3 atom stereocenters. The third kappa shape index (κ3) is 5.47. The number of likely N-dealkylation sites (tertiary alicyclic amines) is 1. The van der Waals surface area contributed by atoms with Gasteiger partial charge in [0, 0.05) is 67.9 Å². The molecule has 1 saturated heterocycles. The molecule has 3 unspecified atom stereocenters. The molecular weight excluding hydrogens is 512 g/mol. The molecule has 36 heavy (non-hydrogen) atoms. The lowest BCUT2D eigenvalue weighted by Gasteiger charge is -2.34. The van der Waals surface area contributed by atoms with Crippen LogP contribution in [0.1, 0.15) is 23.8 Å². The standard InChI is InChI=1S/C21H24F4N4O6S/c1-3-35-21(32)28-8-11(4-5-30)15(10-28)29(36(33)34)16-9-27(2)19(18(16)25)20(31)26-12-6-13(22)17(24)14(23)7-12/h6-7,9,11,15,30H,3-5,8,10H2,1-2H3,(H,26,31)(H,33,34)/p-1. The molecule has 198 valence electrons. The van der Waals surface area contributed by atoms with Crippen molar-refractivity contribution in [3.63, 3.8) is 0 Å². The molecule has 10 nitrogen and oxygen atoms in total. The number of hydrogen-bond donors (Lipinski definition) is 2. The molecule has 0 spiro atoms. The van der Waals surface area contributed by atoms with Crippen LogP contribution in [0.5, 0.6) is 0 Å². The predicted molar refractivity (Wildman–Crippen MR) is 119 cm³/mol. The summed E-state index contributed by atoms with van der Waals surface area (Å²) in [5.74, 6) is -7.93. The van der Waals surface area contributed by atoms with E-state index in [0.29, 0.717) is 16.4 Å². The van der Waals surface area contributed by atoms with Gasteiger partial charge in [0.05, 0.1) is 12.6 Å². The number of nitrogens with one attached hydrogen (secondary N) is 1. The molecule has 0 radical (unpaired) electrons. The van der Waals surface area contributed by atoms with Crippen LogP contribution in [0.4, 0.5) is 33.7 Å². The fourth-order valence-electron chi connectivity index (χ4n) is 4.11. The van der Waals surface area contributed by atoms with Crippen molar-refractivity contribution in [2.24, 2.45) is 13.0 Å². The predicted octanol–water partition coefficient (Wildman–Crippen LogP) is 2.27. The highest BCUT2D eigenvalue weighted by Gasteiger charge is 2.41. The zero-order valence-corrected chi connectivity index (χ0v) is 20.0. The summed E-state index contributed by atoms with van der Waals surface area (Å²) in [6, 6.07) is 0.00553. The number of aliphatic hydroxyl groups is 1. The second-order valence-corrected chi connectivity index (χ2v) is 8.81. The average Bonchev–Trinajstić information content (AvgIpc) is 3.33. The first kappa shape index (κ1) is 27.4. The molecule has 1 aliphatic heterocycles. The second-order valence-electron chi connectivity index (χ2n) is 7.98. The van der Waals surface area contributed by atoms with Crippen LogP contribution >= 0.6 is 0 Å². The molecule has 1 aromatic heterocycles. The van der Waals surface area contributed by atoms with E-state index >= 15 is 4.39 Å². The minimum absolute atomic E-state index is 0.0429. The number of aliphatic hydroxyl groups excluding tert-OH is 1. The summed E-state index contributed by atoms with van der Waals surface area (Å²) < 4.78 is 86.6. The largest absolute Gasteiger partial charge is 0.755 e. The lowest BCUT2D eigenvalue weighted by molar-refractivity contribution is 0.101. The van der Waals surface area contributed by atoms with Crippen molar-refractivity contribution in [3.8, 4) is 0 Å². The molecule has 2 aromatic rings. The zero-order chi connectivity index (χ0) is 26.7. The van der Waals surface area contributed by atoms with Gasteiger partial charge in [-0.3, -0.25) is 13.3 Å². The molecule has 1 fully saturated rings. The van der Waals surface area contributed by atoms with Crippen molar-refractivity contribution in [2.45, 2.75) is 19.4 Å². The van der Waals surface area contributed by atoms with Crippen LogP contribution < -0.4 is 9.62 Å². The quantitative estimate of drug-likeness (QED) is 0.303. The van der Waals surface area contributed by atoms with Crippen LogP contribution in [0.15, 0.2) is 18.3 Å². The molecule has 0 saturated carbocycles. The molecule has 15 heteroatoms. The number of aromatic nitrogens is 1. The number of halogens is 4. The van der Waals surface area contributed by atoms with Gasteiger partial charge in [-0.2, -0.15) is 0 Å². The van der Waals surface area contributed by atoms with E-state index in [9.17, 15) is 36.6 Å². The maximum absolute atomic E-state index is 15.5. The molecule has 0 aliphatic carbocycles. The summed E-state index contributed by atoms with van der Waals surface area (Å²) >= 11 is -3.07. The molecule has 2 amide bonds. The van der Waals surface area contributed by atoms with Gasteiger partial charge in [0.15, 0.2) is 23.3 Å². The number of hydrogen-bond acceptors (Lipinski definition) is 6. The third-order valence-corrected chi connectivity index (χ3v) is 6.48. The summed E-state index contributed by atoms with van der Waals surface area (Å²) in [5.41, 5.74) is -1.69. The van der Waals surface area contributed by atoms with Crippen molar-refractivity contribution in [3.05, 3.63) is 47.3 Å². The number of nitrogens with zero attached hydrogens (tertiary/aromatic N) is 3. The van der Waals surface area contributed by atoms with E-state index in [0.717, 1.165) is 10.8 Å². The molecule has 2 N–H and O–H groups in total. The van der Waals surface area contributed by atoms with Crippen LogP contribution in [0.2, 0.25) is 0 Å². The number of benzene rings is 1. The Kier molecular flexibility index (Phi) is 8.58. The van der Waals surface area contributed by atoms with Gasteiger partial charge in [-0.05, 0) is 13.3 Å². The van der Waals surface area contributed by atoms with Crippen molar-refractivity contribution in [1.82, 2.24) is 9.47 Å². The van der Waals surface area contributed by atoms with Gasteiger partial charge in [0.2, 0.25) is 0 Å². The minimum Gasteiger partial charge on any atom is -0.755 e. The summed E-state index contributed by atoms with van der Waals surface area (Å²) in [7, 11) is 1.24. The number of amides is 2. The fraction of sp³-hybridized carbons (Fsp3) is 0.429. The second kappa shape index (κ2) is 11.3. The Hall–Kier alpha value is -3.17. The SMILES string of the molecule is CCOC(=O)N1CC(CCO)C(N(c2cn(C)c(C(=O)Nc3cc(F)c(F)c(F)c3)c2F)S(=O)[O-])C1. The maximum atomic E-state index is 15.5. The van der Waals surface area contributed by atoms with Crippen LogP contribution in [0.25, 0.3) is 0 Å². The monoisotopic (exact) mass is 535 g/mol. The Labute approximate surface area is 205 Å². The number of carbonyl (C=O) groups is 2. The highest BCUT2D eigenvalue weighted by molar-refractivity contribution is 7.80. The summed E-state index contributed by atoms with van der Waals surface area (Å²) in [5, 5.41) is 11.5. The first-order chi connectivity index (χ1) is 17.0. The molecule has 0 bridgehead atoms. The Morgan fingerprint density at radius 3 is 2.42 bits per heavy atom. The fourth-order valence-corrected chi connectivity index (χ4v) is 4.86. The van der Waals surface area contributed by atoms with E-state index in [2.05, 4.69) is 0 Å². The first-order valence-electron chi connectivity index (χ1n) is 10.7. The van der Waals surface area contributed by atoms with Gasteiger partial charge >= 0.3 is 6.09 Å². The molecule has 2 heterocycles. The molecule has 1 aliphatic rings. The molecular formula is C21H23F4N4O6S-. The van der Waals surface area contributed by atoms with E-state index in [4.69, 9.17) is 4.74 Å². The molecule has 3 rings (SSSR count). The first-order valence-corrected chi connectivity index (χ1v) is 11.7. The highest BCUT2D eigenvalue weighted by atomic mass is 32.2. The van der Waals surface area contributed by atoms with Crippen molar-refractivity contribution in [2.75, 3.05) is 35.9 Å². The summed E-state index contributed by atoms with van der Waals surface area (Å²) in [6.07, 6.45) is 0.416.